The van der Waals surface area contributed by atoms with Crippen LogP contribution in [0.2, 0.25) is 0 Å². The molecule has 2 aromatic rings. The van der Waals surface area contributed by atoms with Crippen LogP contribution in [0, 0.1) is 6.92 Å². The predicted molar refractivity (Wildman–Crippen MR) is 121 cm³/mol. The standard InChI is InChI=1S/C22H27BrN2O4S/c1-16-7-13-19(14-8-16)30(28,29)25(18-11-9-17(23)10-12-18)15-22(27)24(2)20-5-3-4-6-21(20)26/h7-14,20-21,26H,3-6,15H2,1-2H3. The highest BCUT2D eigenvalue weighted by atomic mass is 79.9. The van der Waals surface area contributed by atoms with Gasteiger partial charge in [0.05, 0.1) is 22.7 Å². The van der Waals surface area contributed by atoms with E-state index in [1.54, 1.807) is 55.6 Å². The Hall–Kier alpha value is -1.90. The summed E-state index contributed by atoms with van der Waals surface area (Å²) in [6, 6.07) is 13.1. The normalized spacial score (nSPS) is 19.3. The molecule has 1 fully saturated rings. The SMILES string of the molecule is Cc1ccc(S(=O)(=O)N(CC(=O)N(C)C2CCCCC2O)c2ccc(Br)cc2)cc1. The Morgan fingerprint density at radius 3 is 2.27 bits per heavy atom. The van der Waals surface area contributed by atoms with Gasteiger partial charge >= 0.3 is 0 Å². The van der Waals surface area contributed by atoms with Crippen molar-refractivity contribution in [2.75, 3.05) is 17.9 Å². The van der Waals surface area contributed by atoms with Gasteiger partial charge in [-0.15, -0.1) is 0 Å². The molecular formula is C22H27BrN2O4S. The molecule has 0 aromatic heterocycles. The predicted octanol–water partition coefficient (Wildman–Crippen LogP) is 3.71. The van der Waals surface area contributed by atoms with E-state index in [2.05, 4.69) is 15.9 Å². The molecule has 6 nitrogen and oxygen atoms in total. The monoisotopic (exact) mass is 494 g/mol. The van der Waals surface area contributed by atoms with Gasteiger partial charge in [0.25, 0.3) is 10.0 Å². The van der Waals surface area contributed by atoms with E-state index in [0.717, 1.165) is 27.2 Å². The molecule has 30 heavy (non-hydrogen) atoms. The van der Waals surface area contributed by atoms with E-state index >= 15 is 0 Å². The van der Waals surface area contributed by atoms with E-state index < -0.39 is 16.1 Å². The van der Waals surface area contributed by atoms with Crippen molar-refractivity contribution in [3.05, 3.63) is 58.6 Å². The van der Waals surface area contributed by atoms with Gasteiger partial charge in [0.1, 0.15) is 6.54 Å². The molecule has 2 atom stereocenters. The quantitative estimate of drug-likeness (QED) is 0.663. The van der Waals surface area contributed by atoms with Crippen molar-refractivity contribution >= 4 is 37.5 Å². The van der Waals surface area contributed by atoms with Gasteiger partial charge < -0.3 is 10.0 Å². The van der Waals surface area contributed by atoms with Gasteiger partial charge in [0.15, 0.2) is 0 Å². The van der Waals surface area contributed by atoms with Crippen LogP contribution >= 0.6 is 15.9 Å². The molecule has 8 heteroatoms. The number of aliphatic hydroxyl groups is 1. The first-order valence-corrected chi connectivity index (χ1v) is 12.2. The Balaban J connectivity index is 1.92. The molecule has 1 aliphatic carbocycles. The van der Waals surface area contributed by atoms with Crippen LogP contribution in [0.5, 0.6) is 0 Å². The maximum atomic E-state index is 13.4. The van der Waals surface area contributed by atoms with Gasteiger partial charge in [-0.1, -0.05) is 46.5 Å². The van der Waals surface area contributed by atoms with Gasteiger partial charge in [0, 0.05) is 11.5 Å². The molecule has 0 aliphatic heterocycles. The van der Waals surface area contributed by atoms with Crippen LogP contribution < -0.4 is 4.31 Å². The summed E-state index contributed by atoms with van der Waals surface area (Å²) in [5.41, 5.74) is 1.36. The summed E-state index contributed by atoms with van der Waals surface area (Å²) in [4.78, 5) is 14.7. The van der Waals surface area contributed by atoms with Gasteiger partial charge in [-0.2, -0.15) is 0 Å². The summed E-state index contributed by atoms with van der Waals surface area (Å²) in [7, 11) is -2.31. The van der Waals surface area contributed by atoms with Gasteiger partial charge in [0.2, 0.25) is 5.91 Å². The van der Waals surface area contributed by atoms with Gasteiger partial charge in [-0.05, 0) is 56.2 Å². The third-order valence-corrected chi connectivity index (χ3v) is 7.90. The maximum absolute atomic E-state index is 13.4. The molecular weight excluding hydrogens is 468 g/mol. The summed E-state index contributed by atoms with van der Waals surface area (Å²) in [5, 5.41) is 10.3. The molecule has 0 bridgehead atoms. The average molecular weight is 495 g/mol. The maximum Gasteiger partial charge on any atom is 0.264 e. The third-order valence-electron chi connectivity index (χ3n) is 5.59. The number of aryl methyl sites for hydroxylation is 1. The number of halogens is 1. The summed E-state index contributed by atoms with van der Waals surface area (Å²) >= 11 is 3.36. The van der Waals surface area contributed by atoms with Crippen LogP contribution in [0.4, 0.5) is 5.69 Å². The smallest absolute Gasteiger partial charge is 0.264 e. The molecule has 2 aromatic carbocycles. The number of carbonyl (C=O) groups is 1. The average Bonchev–Trinajstić information content (AvgIpc) is 2.72. The number of likely N-dealkylation sites (N-methyl/N-ethyl adjacent to an activating group) is 1. The molecule has 0 spiro atoms. The zero-order valence-corrected chi connectivity index (χ0v) is 19.6. The van der Waals surface area contributed by atoms with Crippen LogP contribution in [0.25, 0.3) is 0 Å². The lowest BCUT2D eigenvalue weighted by Gasteiger charge is -2.36. The lowest BCUT2D eigenvalue weighted by Crippen LogP contribution is -2.50. The second-order valence-corrected chi connectivity index (χ2v) is 10.5. The molecule has 1 N–H and O–H groups in total. The number of aliphatic hydroxyl groups excluding tert-OH is 1. The summed E-state index contributed by atoms with van der Waals surface area (Å²) in [5.74, 6) is -0.348. The van der Waals surface area contributed by atoms with E-state index in [1.807, 2.05) is 6.92 Å². The topological polar surface area (TPSA) is 77.9 Å². The minimum Gasteiger partial charge on any atom is -0.391 e. The summed E-state index contributed by atoms with van der Waals surface area (Å²) in [6.45, 7) is 1.55. The van der Waals surface area contributed by atoms with Crippen LogP contribution in [0.1, 0.15) is 31.2 Å². The van der Waals surface area contributed by atoms with Crippen molar-refractivity contribution in [2.45, 2.75) is 49.6 Å². The molecule has 3 rings (SSSR count). The van der Waals surface area contributed by atoms with E-state index in [4.69, 9.17) is 0 Å². The van der Waals surface area contributed by atoms with Crippen molar-refractivity contribution in [2.24, 2.45) is 0 Å². The zero-order chi connectivity index (χ0) is 21.9. The second kappa shape index (κ2) is 9.49. The highest BCUT2D eigenvalue weighted by Gasteiger charge is 2.33. The number of hydrogen-bond acceptors (Lipinski definition) is 4. The van der Waals surface area contributed by atoms with E-state index in [0.29, 0.717) is 18.5 Å². The Labute approximate surface area is 186 Å². The first kappa shape index (κ1) is 22.8. The highest BCUT2D eigenvalue weighted by Crippen LogP contribution is 2.27. The number of rotatable bonds is 6. The van der Waals surface area contributed by atoms with Gasteiger partial charge in [-0.25, -0.2) is 8.42 Å². The van der Waals surface area contributed by atoms with Crippen molar-refractivity contribution in [3.63, 3.8) is 0 Å². The molecule has 2 unspecified atom stereocenters. The van der Waals surface area contributed by atoms with E-state index in [-0.39, 0.29) is 23.4 Å². The Kier molecular flexibility index (Phi) is 7.21. The molecule has 1 amide bonds. The molecule has 162 valence electrons. The molecule has 0 saturated heterocycles. The third kappa shape index (κ3) is 5.04. The largest absolute Gasteiger partial charge is 0.391 e. The van der Waals surface area contributed by atoms with E-state index in [1.165, 1.54) is 4.90 Å². The Morgan fingerprint density at radius 1 is 1.07 bits per heavy atom. The lowest BCUT2D eigenvalue weighted by atomic mass is 9.91. The minimum absolute atomic E-state index is 0.129. The Bertz CT molecular complexity index is 977. The first-order chi connectivity index (χ1) is 14.2. The number of hydrogen-bond donors (Lipinski definition) is 1. The van der Waals surface area contributed by atoms with Crippen molar-refractivity contribution in [1.29, 1.82) is 0 Å². The van der Waals surface area contributed by atoms with Crippen LogP contribution in [0.15, 0.2) is 57.9 Å². The number of nitrogens with zero attached hydrogens (tertiary/aromatic N) is 2. The van der Waals surface area contributed by atoms with Crippen LogP contribution in [-0.2, 0) is 14.8 Å². The van der Waals surface area contributed by atoms with Crippen LogP contribution in [-0.4, -0.2) is 50.1 Å². The number of sulfonamides is 1. The number of anilines is 1. The van der Waals surface area contributed by atoms with Crippen molar-refractivity contribution in [1.82, 2.24) is 4.90 Å². The van der Waals surface area contributed by atoms with Gasteiger partial charge in [-0.3, -0.25) is 9.10 Å². The highest BCUT2D eigenvalue weighted by molar-refractivity contribution is 9.10. The molecule has 0 heterocycles. The molecule has 1 aliphatic rings. The molecule has 0 radical (unpaired) electrons. The second-order valence-electron chi connectivity index (χ2n) is 7.72. The number of carbonyl (C=O) groups excluding carboxylic acids is 1. The van der Waals surface area contributed by atoms with Crippen LogP contribution in [0.3, 0.4) is 0 Å². The van der Waals surface area contributed by atoms with Crippen molar-refractivity contribution < 1.29 is 18.3 Å². The fourth-order valence-corrected chi connectivity index (χ4v) is 5.40. The first-order valence-electron chi connectivity index (χ1n) is 9.99. The fourth-order valence-electron chi connectivity index (χ4n) is 3.72. The minimum atomic E-state index is -3.95. The fraction of sp³-hybridized carbons (Fsp3) is 0.409. The summed E-state index contributed by atoms with van der Waals surface area (Å²) < 4.78 is 28.8. The molecule has 1 saturated carbocycles. The zero-order valence-electron chi connectivity index (χ0n) is 17.2. The summed E-state index contributed by atoms with van der Waals surface area (Å²) in [6.07, 6.45) is 2.67. The number of benzene rings is 2. The number of amides is 1. The van der Waals surface area contributed by atoms with E-state index in [9.17, 15) is 18.3 Å². The lowest BCUT2D eigenvalue weighted by molar-refractivity contribution is -0.133. The van der Waals surface area contributed by atoms with Crippen molar-refractivity contribution in [3.8, 4) is 0 Å². The Morgan fingerprint density at radius 2 is 1.67 bits per heavy atom.